The van der Waals surface area contributed by atoms with Gasteiger partial charge in [-0.05, 0) is 38.1 Å². The number of fused-ring (bicyclic) bond motifs is 1. The highest BCUT2D eigenvalue weighted by molar-refractivity contribution is 5.97. The van der Waals surface area contributed by atoms with Crippen LogP contribution in [0.1, 0.15) is 41.8 Å². The average Bonchev–Trinajstić information content (AvgIpc) is 3.00. The minimum Gasteiger partial charge on any atom is -0.341 e. The summed E-state index contributed by atoms with van der Waals surface area (Å²) in [4.78, 5) is 36.3. The number of carbonyl (C=O) groups excluding carboxylic acids is 1. The van der Waals surface area contributed by atoms with E-state index in [0.717, 1.165) is 12.3 Å². The van der Waals surface area contributed by atoms with Gasteiger partial charge in [-0.1, -0.05) is 0 Å². The van der Waals surface area contributed by atoms with E-state index >= 15 is 0 Å². The molecule has 154 valence electrons. The Labute approximate surface area is 164 Å². The Balaban J connectivity index is 1.77. The predicted octanol–water partition coefficient (Wildman–Crippen LogP) is 3.03. The van der Waals surface area contributed by atoms with Crippen molar-refractivity contribution >= 4 is 16.9 Å². The number of hydrogen-bond acceptors (Lipinski definition) is 4. The first-order valence-corrected chi connectivity index (χ1v) is 8.96. The molecule has 0 saturated carbocycles. The van der Waals surface area contributed by atoms with Crippen LogP contribution in [0.25, 0.3) is 11.0 Å². The third-order valence-corrected chi connectivity index (χ3v) is 4.49. The third-order valence-electron chi connectivity index (χ3n) is 4.49. The van der Waals surface area contributed by atoms with Crippen molar-refractivity contribution in [2.75, 3.05) is 13.6 Å². The molecule has 0 aliphatic carbocycles. The third kappa shape index (κ3) is 4.30. The number of rotatable bonds is 5. The van der Waals surface area contributed by atoms with Crippen LogP contribution < -0.4 is 5.69 Å². The monoisotopic (exact) mass is 407 g/mol. The van der Waals surface area contributed by atoms with E-state index in [1.807, 2.05) is 13.8 Å². The summed E-state index contributed by atoms with van der Waals surface area (Å²) in [7, 11) is 1.55. The zero-order valence-corrected chi connectivity index (χ0v) is 16.1. The average molecular weight is 407 g/mol. The number of likely N-dealkylation sites (N-methyl/N-ethyl adjacent to an activating group) is 1. The Kier molecular flexibility index (Phi) is 5.45. The summed E-state index contributed by atoms with van der Waals surface area (Å²) in [6.07, 6.45) is -3.41. The van der Waals surface area contributed by atoms with Gasteiger partial charge in [0.1, 0.15) is 11.5 Å². The van der Waals surface area contributed by atoms with E-state index in [4.69, 9.17) is 0 Å². The number of halogens is 3. The molecule has 3 aromatic rings. The lowest BCUT2D eigenvalue weighted by Crippen LogP contribution is -2.29. The number of aromatic amines is 1. The molecule has 1 N–H and O–H groups in total. The molecular weight excluding hydrogens is 387 g/mol. The zero-order valence-electron chi connectivity index (χ0n) is 16.1. The summed E-state index contributed by atoms with van der Waals surface area (Å²) >= 11 is 0. The molecule has 0 aliphatic heterocycles. The Bertz CT molecular complexity index is 1100. The van der Waals surface area contributed by atoms with Gasteiger partial charge in [-0.2, -0.15) is 13.2 Å². The van der Waals surface area contributed by atoms with Gasteiger partial charge in [0.05, 0.1) is 11.0 Å². The first-order valence-electron chi connectivity index (χ1n) is 8.96. The summed E-state index contributed by atoms with van der Waals surface area (Å²) < 4.78 is 39.8. The van der Waals surface area contributed by atoms with Crippen molar-refractivity contribution in [3.63, 3.8) is 0 Å². The fourth-order valence-electron chi connectivity index (χ4n) is 3.03. The number of H-pyrrole nitrogens is 1. The Hall–Kier alpha value is -3.17. The molecule has 1 amide bonds. The number of benzene rings is 1. The quantitative estimate of drug-likeness (QED) is 0.705. The van der Waals surface area contributed by atoms with E-state index in [0.29, 0.717) is 16.6 Å². The lowest BCUT2D eigenvalue weighted by Gasteiger charge is -2.17. The zero-order chi connectivity index (χ0) is 21.3. The van der Waals surface area contributed by atoms with Gasteiger partial charge in [0.25, 0.3) is 5.91 Å². The molecule has 2 aromatic heterocycles. The molecule has 2 heterocycles. The molecule has 1 aromatic carbocycles. The smallest absolute Gasteiger partial charge is 0.341 e. The van der Waals surface area contributed by atoms with Crippen molar-refractivity contribution in [3.05, 3.63) is 58.0 Å². The molecule has 0 unspecified atom stereocenters. The summed E-state index contributed by atoms with van der Waals surface area (Å²) in [6, 6.07) is 5.61. The molecular formula is C19H20F3N5O2. The molecule has 3 rings (SSSR count). The SMILES string of the molecule is CC(C)n1c(=O)[nH]c2ccc(C(=O)N(C)CCc3nccc(C(F)(F)F)n3)cc21. The van der Waals surface area contributed by atoms with Gasteiger partial charge >= 0.3 is 11.9 Å². The van der Waals surface area contributed by atoms with Crippen molar-refractivity contribution in [1.82, 2.24) is 24.4 Å². The van der Waals surface area contributed by atoms with E-state index in [1.54, 1.807) is 29.8 Å². The van der Waals surface area contributed by atoms with Crippen LogP contribution in [0.3, 0.4) is 0 Å². The van der Waals surface area contributed by atoms with Crippen LogP contribution in [-0.2, 0) is 12.6 Å². The van der Waals surface area contributed by atoms with E-state index < -0.39 is 11.9 Å². The van der Waals surface area contributed by atoms with Gasteiger partial charge < -0.3 is 9.88 Å². The van der Waals surface area contributed by atoms with Crippen molar-refractivity contribution in [2.45, 2.75) is 32.5 Å². The normalized spacial score (nSPS) is 12.0. The van der Waals surface area contributed by atoms with Gasteiger partial charge in [0.2, 0.25) is 0 Å². The van der Waals surface area contributed by atoms with Crippen LogP contribution in [-0.4, -0.2) is 43.9 Å². The molecule has 0 atom stereocenters. The largest absolute Gasteiger partial charge is 0.433 e. The van der Waals surface area contributed by atoms with Crippen LogP contribution in [0.2, 0.25) is 0 Å². The molecule has 29 heavy (non-hydrogen) atoms. The standard InChI is InChI=1S/C19H20F3N5O2/c1-11(2)27-14-10-12(4-5-13(14)24-18(27)29)17(28)26(3)9-7-16-23-8-6-15(25-16)19(20,21)22/h4-6,8,10-11H,7,9H2,1-3H3,(H,24,29). The Morgan fingerprint density at radius 2 is 2.00 bits per heavy atom. The van der Waals surface area contributed by atoms with Crippen molar-refractivity contribution in [1.29, 1.82) is 0 Å². The summed E-state index contributed by atoms with van der Waals surface area (Å²) in [5.74, 6) is -0.308. The number of hydrogen-bond donors (Lipinski definition) is 1. The van der Waals surface area contributed by atoms with Crippen LogP contribution in [0.15, 0.2) is 35.3 Å². The van der Waals surface area contributed by atoms with Gasteiger partial charge in [0.15, 0.2) is 0 Å². The fraction of sp³-hybridized carbons (Fsp3) is 0.368. The fourth-order valence-corrected chi connectivity index (χ4v) is 3.03. The highest BCUT2D eigenvalue weighted by Gasteiger charge is 2.32. The lowest BCUT2D eigenvalue weighted by atomic mass is 10.1. The highest BCUT2D eigenvalue weighted by Crippen LogP contribution is 2.27. The molecule has 7 nitrogen and oxygen atoms in total. The summed E-state index contributed by atoms with van der Waals surface area (Å²) in [5.41, 5.74) is 0.347. The number of carbonyl (C=O) groups is 1. The molecule has 0 bridgehead atoms. The van der Waals surface area contributed by atoms with E-state index in [-0.39, 0.29) is 36.4 Å². The van der Waals surface area contributed by atoms with Crippen molar-refractivity contribution in [3.8, 4) is 0 Å². The molecule has 0 aliphatic rings. The molecule has 0 fully saturated rings. The van der Waals surface area contributed by atoms with Gasteiger partial charge in [-0.15, -0.1) is 0 Å². The second-order valence-electron chi connectivity index (χ2n) is 6.96. The Morgan fingerprint density at radius 1 is 1.28 bits per heavy atom. The van der Waals surface area contributed by atoms with Gasteiger partial charge in [-0.3, -0.25) is 9.36 Å². The summed E-state index contributed by atoms with van der Waals surface area (Å²) in [5, 5.41) is 0. The van der Waals surface area contributed by atoms with Gasteiger partial charge in [0, 0.05) is 37.8 Å². The molecule has 0 radical (unpaired) electrons. The Morgan fingerprint density at radius 3 is 2.66 bits per heavy atom. The van der Waals surface area contributed by atoms with Crippen LogP contribution in [0.4, 0.5) is 13.2 Å². The van der Waals surface area contributed by atoms with E-state index in [1.165, 1.54) is 4.90 Å². The first-order chi connectivity index (χ1) is 13.6. The van der Waals surface area contributed by atoms with E-state index in [9.17, 15) is 22.8 Å². The van der Waals surface area contributed by atoms with Crippen LogP contribution >= 0.6 is 0 Å². The predicted molar refractivity (Wildman–Crippen MR) is 101 cm³/mol. The second kappa shape index (κ2) is 7.69. The number of nitrogens with one attached hydrogen (secondary N) is 1. The van der Waals surface area contributed by atoms with Gasteiger partial charge in [-0.25, -0.2) is 14.8 Å². The maximum atomic E-state index is 12.8. The van der Waals surface area contributed by atoms with Crippen LogP contribution in [0.5, 0.6) is 0 Å². The molecule has 0 saturated heterocycles. The number of alkyl halides is 3. The lowest BCUT2D eigenvalue weighted by molar-refractivity contribution is -0.141. The van der Waals surface area contributed by atoms with Crippen molar-refractivity contribution < 1.29 is 18.0 Å². The van der Waals surface area contributed by atoms with Crippen molar-refractivity contribution in [2.24, 2.45) is 0 Å². The minimum absolute atomic E-state index is 0.00853. The summed E-state index contributed by atoms with van der Waals surface area (Å²) in [6.45, 7) is 3.87. The maximum Gasteiger partial charge on any atom is 0.433 e. The molecule has 10 heteroatoms. The van der Waals surface area contributed by atoms with Crippen LogP contribution in [0, 0.1) is 0 Å². The number of amides is 1. The number of imidazole rings is 1. The topological polar surface area (TPSA) is 83.9 Å². The number of aromatic nitrogens is 4. The van der Waals surface area contributed by atoms with E-state index in [2.05, 4.69) is 15.0 Å². The molecule has 0 spiro atoms. The maximum absolute atomic E-state index is 12.8. The second-order valence-corrected chi connectivity index (χ2v) is 6.96. The first kappa shape index (κ1) is 20.6. The minimum atomic E-state index is -4.54. The highest BCUT2D eigenvalue weighted by atomic mass is 19.4. The number of nitrogens with zero attached hydrogens (tertiary/aromatic N) is 4.